The van der Waals surface area contributed by atoms with Crippen LogP contribution in [0.3, 0.4) is 0 Å². The van der Waals surface area contributed by atoms with E-state index in [9.17, 15) is 0 Å². The van der Waals surface area contributed by atoms with Gasteiger partial charge in [0.1, 0.15) is 0 Å². The SMILES string of the molecule is CC1=CC(C)=NC2=CN(N)NN12. The molecule has 0 spiro atoms. The van der Waals surface area contributed by atoms with Gasteiger partial charge in [0.25, 0.3) is 0 Å². The molecule has 0 saturated carbocycles. The van der Waals surface area contributed by atoms with Crippen LogP contribution in [0, 0.1) is 0 Å². The minimum absolute atomic E-state index is 0.829. The van der Waals surface area contributed by atoms with Crippen LogP contribution in [0.15, 0.2) is 28.8 Å². The van der Waals surface area contributed by atoms with Crippen molar-refractivity contribution in [3.05, 3.63) is 23.8 Å². The first-order valence-corrected chi connectivity index (χ1v) is 3.72. The Balaban J connectivity index is 2.37. The summed E-state index contributed by atoms with van der Waals surface area (Å²) in [6.45, 7) is 3.96. The molecule has 0 fully saturated rings. The lowest BCUT2D eigenvalue weighted by molar-refractivity contribution is 0.162. The van der Waals surface area contributed by atoms with Crippen molar-refractivity contribution in [3.8, 4) is 0 Å². The number of aliphatic imine (C=N–C) groups is 1. The van der Waals surface area contributed by atoms with Gasteiger partial charge < -0.3 is 0 Å². The Kier molecular flexibility index (Phi) is 1.42. The van der Waals surface area contributed by atoms with Crippen molar-refractivity contribution in [1.82, 2.24) is 15.7 Å². The minimum atomic E-state index is 0.829. The highest BCUT2D eigenvalue weighted by atomic mass is 15.9. The molecule has 0 aromatic rings. The molecule has 5 nitrogen and oxygen atoms in total. The van der Waals surface area contributed by atoms with E-state index < -0.39 is 0 Å². The van der Waals surface area contributed by atoms with Gasteiger partial charge in [0.05, 0.1) is 6.20 Å². The Morgan fingerprint density at radius 3 is 3.00 bits per heavy atom. The maximum atomic E-state index is 5.51. The molecule has 64 valence electrons. The lowest BCUT2D eigenvalue weighted by Gasteiger charge is -2.23. The van der Waals surface area contributed by atoms with E-state index in [4.69, 9.17) is 5.84 Å². The number of nitrogens with zero attached hydrogens (tertiary/aromatic N) is 3. The number of rotatable bonds is 0. The van der Waals surface area contributed by atoms with E-state index in [0.717, 1.165) is 17.2 Å². The van der Waals surface area contributed by atoms with Crippen LogP contribution in [-0.2, 0) is 0 Å². The predicted molar refractivity (Wildman–Crippen MR) is 46.0 cm³/mol. The van der Waals surface area contributed by atoms with Gasteiger partial charge >= 0.3 is 0 Å². The fourth-order valence-electron chi connectivity index (χ4n) is 1.30. The summed E-state index contributed by atoms with van der Waals surface area (Å²) in [7, 11) is 0. The fourth-order valence-corrected chi connectivity index (χ4v) is 1.30. The highest BCUT2D eigenvalue weighted by molar-refractivity contribution is 5.94. The van der Waals surface area contributed by atoms with Crippen LogP contribution < -0.4 is 11.4 Å². The second kappa shape index (κ2) is 2.33. The first-order valence-electron chi connectivity index (χ1n) is 3.72. The zero-order chi connectivity index (χ0) is 8.72. The molecule has 3 N–H and O–H groups in total. The average molecular weight is 165 g/mol. The van der Waals surface area contributed by atoms with Gasteiger partial charge in [-0.1, -0.05) is 0 Å². The summed E-state index contributed by atoms with van der Waals surface area (Å²) in [4.78, 5) is 4.29. The summed E-state index contributed by atoms with van der Waals surface area (Å²) >= 11 is 0. The average Bonchev–Trinajstić information content (AvgIpc) is 2.29. The molecule has 0 unspecified atom stereocenters. The van der Waals surface area contributed by atoms with Crippen LogP contribution in [0.2, 0.25) is 0 Å². The molecule has 0 radical (unpaired) electrons. The van der Waals surface area contributed by atoms with Gasteiger partial charge in [-0.15, -0.1) is 5.53 Å². The van der Waals surface area contributed by atoms with Crippen LogP contribution in [0.1, 0.15) is 13.8 Å². The number of hydrazine groups is 3. The van der Waals surface area contributed by atoms with E-state index in [2.05, 4.69) is 10.5 Å². The van der Waals surface area contributed by atoms with Gasteiger partial charge in [0.15, 0.2) is 5.82 Å². The molecule has 2 aliphatic heterocycles. The van der Waals surface area contributed by atoms with Crippen molar-refractivity contribution in [3.63, 3.8) is 0 Å². The molecule has 12 heavy (non-hydrogen) atoms. The predicted octanol–water partition coefficient (Wildman–Crippen LogP) is 0.0745. The van der Waals surface area contributed by atoms with E-state index in [1.807, 2.05) is 24.9 Å². The molecule has 0 aromatic heterocycles. The largest absolute Gasteiger partial charge is 0.243 e. The van der Waals surface area contributed by atoms with Crippen molar-refractivity contribution in [2.24, 2.45) is 10.8 Å². The molecule has 2 rings (SSSR count). The lowest BCUT2D eigenvalue weighted by atomic mass is 10.3. The maximum Gasteiger partial charge on any atom is 0.168 e. The zero-order valence-electron chi connectivity index (χ0n) is 7.07. The third-order valence-corrected chi connectivity index (χ3v) is 1.76. The normalized spacial score (nSPS) is 21.8. The molecule has 0 saturated heterocycles. The third kappa shape index (κ3) is 0.992. The number of allylic oxidation sites excluding steroid dienone is 2. The van der Waals surface area contributed by atoms with E-state index in [0.29, 0.717) is 0 Å². The van der Waals surface area contributed by atoms with Gasteiger partial charge in [-0.25, -0.2) is 21.0 Å². The highest BCUT2D eigenvalue weighted by Gasteiger charge is 2.22. The number of nitrogens with two attached hydrogens (primary N) is 1. The maximum absolute atomic E-state index is 5.51. The Bertz CT molecular complexity index is 301. The Morgan fingerprint density at radius 2 is 2.25 bits per heavy atom. The van der Waals surface area contributed by atoms with Gasteiger partial charge in [-0.3, -0.25) is 0 Å². The van der Waals surface area contributed by atoms with Crippen LogP contribution in [0.5, 0.6) is 0 Å². The summed E-state index contributed by atoms with van der Waals surface area (Å²) in [5.41, 5.74) is 4.98. The molecule has 0 atom stereocenters. The smallest absolute Gasteiger partial charge is 0.168 e. The molecule has 0 aromatic carbocycles. The molecule has 2 aliphatic rings. The molecular formula is C7H11N5. The Labute approximate surface area is 70.8 Å². The van der Waals surface area contributed by atoms with Gasteiger partial charge in [0, 0.05) is 11.4 Å². The van der Waals surface area contributed by atoms with E-state index in [1.165, 1.54) is 5.12 Å². The van der Waals surface area contributed by atoms with Gasteiger partial charge in [-0.05, 0) is 19.9 Å². The summed E-state index contributed by atoms with van der Waals surface area (Å²) < 4.78 is 0. The first-order chi connectivity index (χ1) is 5.66. The van der Waals surface area contributed by atoms with E-state index >= 15 is 0 Å². The molecule has 0 bridgehead atoms. The van der Waals surface area contributed by atoms with Gasteiger partial charge in [0.2, 0.25) is 0 Å². The van der Waals surface area contributed by atoms with Crippen LogP contribution in [-0.4, -0.2) is 15.8 Å². The standard InChI is InChI=1S/C7H11N5/c1-5-3-6(2)12-7(9-5)4-11(8)10-12/h3-4,10H,8H2,1-2H3. The Hall–Kier alpha value is -1.33. The van der Waals surface area contributed by atoms with Crippen molar-refractivity contribution in [2.45, 2.75) is 13.8 Å². The summed E-state index contributed by atoms with van der Waals surface area (Å²) in [5.74, 6) is 6.34. The lowest BCUT2D eigenvalue weighted by Crippen LogP contribution is -2.43. The highest BCUT2D eigenvalue weighted by Crippen LogP contribution is 2.20. The van der Waals surface area contributed by atoms with Crippen molar-refractivity contribution >= 4 is 5.71 Å². The molecule has 0 amide bonds. The molecule has 2 heterocycles. The van der Waals surface area contributed by atoms with Gasteiger partial charge in [-0.2, -0.15) is 0 Å². The van der Waals surface area contributed by atoms with Crippen molar-refractivity contribution in [2.75, 3.05) is 0 Å². The van der Waals surface area contributed by atoms with Crippen LogP contribution in [0.25, 0.3) is 0 Å². The number of fused-ring (bicyclic) bond motifs is 1. The van der Waals surface area contributed by atoms with E-state index in [-0.39, 0.29) is 0 Å². The number of nitrogens with one attached hydrogen (secondary N) is 1. The summed E-state index contributed by atoms with van der Waals surface area (Å²) in [5, 5.41) is 3.21. The van der Waals surface area contributed by atoms with Crippen LogP contribution in [0.4, 0.5) is 0 Å². The minimum Gasteiger partial charge on any atom is -0.243 e. The Morgan fingerprint density at radius 1 is 1.50 bits per heavy atom. The zero-order valence-corrected chi connectivity index (χ0v) is 7.07. The monoisotopic (exact) mass is 165 g/mol. The first kappa shape index (κ1) is 7.33. The second-order valence-electron chi connectivity index (χ2n) is 2.87. The van der Waals surface area contributed by atoms with E-state index in [1.54, 1.807) is 6.20 Å². The number of hydrogen-bond donors (Lipinski definition) is 2. The topological polar surface area (TPSA) is 56.9 Å². The van der Waals surface area contributed by atoms with Crippen LogP contribution >= 0.6 is 0 Å². The number of hydrogen-bond acceptors (Lipinski definition) is 5. The third-order valence-electron chi connectivity index (χ3n) is 1.76. The molecular weight excluding hydrogens is 154 g/mol. The quantitative estimate of drug-likeness (QED) is 0.499. The van der Waals surface area contributed by atoms with Crippen molar-refractivity contribution in [1.29, 1.82) is 0 Å². The fraction of sp³-hybridized carbons (Fsp3) is 0.286. The second-order valence-corrected chi connectivity index (χ2v) is 2.87. The molecule has 0 aliphatic carbocycles. The summed E-state index contributed by atoms with van der Waals surface area (Å²) in [6, 6.07) is 0. The van der Waals surface area contributed by atoms with Crippen molar-refractivity contribution < 1.29 is 0 Å². The summed E-state index contributed by atoms with van der Waals surface area (Å²) in [6.07, 6.45) is 3.73. The molecule has 5 heteroatoms.